The molecule has 0 aromatic heterocycles. The smallest absolute Gasteiger partial charge is 0.550 e. The van der Waals surface area contributed by atoms with Gasteiger partial charge < -0.3 is 19.8 Å². The number of hydrogen-bond acceptors (Lipinski definition) is 4. The van der Waals surface area contributed by atoms with Crippen molar-refractivity contribution < 1.29 is 78.9 Å². The second-order valence-electron chi connectivity index (χ2n) is 10.3. The van der Waals surface area contributed by atoms with Crippen molar-refractivity contribution in [1.82, 2.24) is 0 Å². The molecule has 0 amide bonds. The van der Waals surface area contributed by atoms with Crippen LogP contribution in [-0.2, 0) is 20.4 Å². The number of benzene rings is 4. The van der Waals surface area contributed by atoms with E-state index in [1.807, 2.05) is 97.1 Å². The van der Waals surface area contributed by atoms with Crippen molar-refractivity contribution in [3.63, 3.8) is 0 Å². The number of carboxylic acid groups (broad SMARTS) is 2. The maximum atomic E-state index is 12.6. The zero-order chi connectivity index (χ0) is 24.7. The molecule has 0 N–H and O–H groups in total. The molecule has 10 rings (SSSR count). The van der Waals surface area contributed by atoms with E-state index in [0.29, 0.717) is 0 Å². The van der Waals surface area contributed by atoms with Crippen LogP contribution in [-0.4, -0.2) is 11.9 Å². The van der Waals surface area contributed by atoms with E-state index in [1.54, 1.807) is 0 Å². The molecule has 0 heterocycles. The van der Waals surface area contributed by atoms with E-state index in [2.05, 4.69) is 0 Å². The fraction of sp³-hybridized carbons (Fsp3) is 0.188. The molecule has 176 valence electrons. The van der Waals surface area contributed by atoms with Crippen molar-refractivity contribution in [2.24, 2.45) is 0 Å². The Balaban J connectivity index is 0.00000147. The van der Waals surface area contributed by atoms with Gasteiger partial charge in [0.25, 0.3) is 0 Å². The van der Waals surface area contributed by atoms with Gasteiger partial charge in [0.15, 0.2) is 0 Å². The summed E-state index contributed by atoms with van der Waals surface area (Å²) in [7, 11) is 0. The molecule has 4 aromatic rings. The monoisotopic (exact) mass is 516 g/mol. The second-order valence-corrected chi connectivity index (χ2v) is 10.3. The normalized spacial score (nSPS) is 24.7. The van der Waals surface area contributed by atoms with E-state index < -0.39 is 22.8 Å². The number of rotatable bonds is 4. The van der Waals surface area contributed by atoms with Gasteiger partial charge in [-0.2, -0.15) is 0 Å². The van der Waals surface area contributed by atoms with Crippen molar-refractivity contribution in [3.8, 4) is 0 Å². The van der Waals surface area contributed by atoms with Crippen LogP contribution in [0.4, 0.5) is 0 Å². The molecule has 4 bridgehead atoms. The zero-order valence-corrected chi connectivity index (χ0v) is 25.4. The minimum absolute atomic E-state index is 0. The number of aliphatic carboxylic acids is 2. The fourth-order valence-corrected chi connectivity index (χ4v) is 7.97. The molecule has 0 atom stereocenters. The third-order valence-corrected chi connectivity index (χ3v) is 8.84. The summed E-state index contributed by atoms with van der Waals surface area (Å²) in [6.07, 6.45) is -0.372. The van der Waals surface area contributed by atoms with E-state index in [0.717, 1.165) is 44.5 Å². The molecular weight excluding hydrogens is 494 g/mol. The topological polar surface area (TPSA) is 80.3 Å². The van der Waals surface area contributed by atoms with Crippen LogP contribution in [0, 0.1) is 0 Å². The third kappa shape index (κ3) is 3.38. The first-order chi connectivity index (χ1) is 17.5. The summed E-state index contributed by atoms with van der Waals surface area (Å²) in [5, 5.41) is 25.2. The van der Waals surface area contributed by atoms with Crippen LogP contribution in [0.1, 0.15) is 69.2 Å². The Hall–Kier alpha value is -2.18. The van der Waals surface area contributed by atoms with Gasteiger partial charge in [-0.3, -0.25) is 0 Å². The molecule has 0 saturated carbocycles. The van der Waals surface area contributed by atoms with Crippen molar-refractivity contribution in [1.29, 1.82) is 0 Å². The molecule has 4 aromatic carbocycles. The molecular formula is C32H22Na2O4. The summed E-state index contributed by atoms with van der Waals surface area (Å²) in [4.78, 5) is 25.2. The molecule has 0 radical (unpaired) electrons. The van der Waals surface area contributed by atoms with E-state index in [1.165, 1.54) is 0 Å². The predicted molar refractivity (Wildman–Crippen MR) is 130 cm³/mol. The molecule has 6 aliphatic carbocycles. The van der Waals surface area contributed by atoms with Gasteiger partial charge in [0.05, 0.1) is 0 Å². The van der Waals surface area contributed by atoms with Crippen molar-refractivity contribution in [3.05, 3.63) is 142 Å². The van der Waals surface area contributed by atoms with Crippen molar-refractivity contribution in [2.45, 2.75) is 35.5 Å². The standard InChI is InChI=1S/C32H24O4.2Na/c33-27(34)17-31-23-13-5-1-9-19(23)29(20-10-2-6-14-24(20)31)32(18-28(35)36)25-15-7-3-11-21(25)30(31)22-12-4-8-16-26(22)32;;/h1-16,29-30H,17-18H2,(H,33,34)(H,35,36);;/q;2*+1/p-2. The SMILES string of the molecule is O=C([O-])CC12c3ccccc3C(c3ccccc31)C1(CC(=O)[O-])c3ccccc3C2c2ccccc21.[Na+].[Na+]. The van der Waals surface area contributed by atoms with Gasteiger partial charge in [-0.15, -0.1) is 0 Å². The van der Waals surface area contributed by atoms with E-state index in [4.69, 9.17) is 0 Å². The van der Waals surface area contributed by atoms with E-state index in [-0.39, 0.29) is 83.8 Å². The van der Waals surface area contributed by atoms with Gasteiger partial charge in [-0.05, 0) is 44.5 Å². The molecule has 0 aliphatic heterocycles. The van der Waals surface area contributed by atoms with Gasteiger partial charge in [0.2, 0.25) is 0 Å². The average Bonchev–Trinajstić information content (AvgIpc) is 2.87. The summed E-state index contributed by atoms with van der Waals surface area (Å²) in [6, 6.07) is 31.9. The van der Waals surface area contributed by atoms with Crippen molar-refractivity contribution in [2.75, 3.05) is 0 Å². The van der Waals surface area contributed by atoms with E-state index in [9.17, 15) is 19.8 Å². The molecule has 4 nitrogen and oxygen atoms in total. The second kappa shape index (κ2) is 9.78. The Morgan fingerprint density at radius 2 is 0.737 bits per heavy atom. The Morgan fingerprint density at radius 1 is 0.500 bits per heavy atom. The Kier molecular flexibility index (Phi) is 7.05. The van der Waals surface area contributed by atoms with Gasteiger partial charge >= 0.3 is 59.1 Å². The summed E-state index contributed by atoms with van der Waals surface area (Å²) >= 11 is 0. The van der Waals surface area contributed by atoms with Crippen LogP contribution in [0.5, 0.6) is 0 Å². The predicted octanol–water partition coefficient (Wildman–Crippen LogP) is -2.85. The molecule has 0 fully saturated rings. The third-order valence-electron chi connectivity index (χ3n) is 8.84. The van der Waals surface area contributed by atoms with Crippen LogP contribution in [0.3, 0.4) is 0 Å². The zero-order valence-electron chi connectivity index (χ0n) is 21.4. The van der Waals surface area contributed by atoms with Crippen LogP contribution in [0.25, 0.3) is 0 Å². The van der Waals surface area contributed by atoms with Gasteiger partial charge in [-0.1, -0.05) is 97.1 Å². The summed E-state index contributed by atoms with van der Waals surface area (Å²) in [6.45, 7) is 0. The first kappa shape index (κ1) is 27.4. The molecule has 6 aliphatic rings. The summed E-state index contributed by atoms with van der Waals surface area (Å²) in [5.41, 5.74) is 5.85. The maximum Gasteiger partial charge on any atom is 1.00 e. The van der Waals surface area contributed by atoms with Gasteiger partial charge in [-0.25, -0.2) is 0 Å². The Bertz CT molecular complexity index is 1380. The molecule has 6 heteroatoms. The fourth-order valence-electron chi connectivity index (χ4n) is 7.97. The molecule has 0 unspecified atom stereocenters. The number of carbonyl (C=O) groups is 2. The number of carboxylic acids is 2. The molecule has 0 saturated heterocycles. The largest absolute Gasteiger partial charge is 1.00 e. The minimum atomic E-state index is -1.11. The Labute approximate surface area is 265 Å². The molecule has 38 heavy (non-hydrogen) atoms. The first-order valence-corrected chi connectivity index (χ1v) is 12.3. The van der Waals surface area contributed by atoms with Crippen LogP contribution in [0.15, 0.2) is 97.1 Å². The van der Waals surface area contributed by atoms with Crippen LogP contribution >= 0.6 is 0 Å². The molecule has 0 spiro atoms. The van der Waals surface area contributed by atoms with Gasteiger partial charge in [0.1, 0.15) is 0 Å². The van der Waals surface area contributed by atoms with Crippen LogP contribution < -0.4 is 69.3 Å². The maximum absolute atomic E-state index is 12.6. The quantitative estimate of drug-likeness (QED) is 0.274. The Morgan fingerprint density at radius 3 is 0.974 bits per heavy atom. The van der Waals surface area contributed by atoms with Gasteiger partial charge in [0, 0.05) is 47.4 Å². The number of hydrogen-bond donors (Lipinski definition) is 0. The summed E-state index contributed by atoms with van der Waals surface area (Å²) < 4.78 is 0. The average molecular weight is 517 g/mol. The van der Waals surface area contributed by atoms with Crippen LogP contribution in [0.2, 0.25) is 0 Å². The first-order valence-electron chi connectivity index (χ1n) is 12.3. The van der Waals surface area contributed by atoms with E-state index >= 15 is 0 Å². The minimum Gasteiger partial charge on any atom is -0.550 e. The van der Waals surface area contributed by atoms with Crippen molar-refractivity contribution >= 4 is 11.9 Å². The summed E-state index contributed by atoms with van der Waals surface area (Å²) in [5.74, 6) is -2.89. The number of carbonyl (C=O) groups excluding carboxylic acids is 2.